The van der Waals surface area contributed by atoms with Gasteiger partial charge in [-0.15, -0.1) is 0 Å². The van der Waals surface area contributed by atoms with Crippen LogP contribution in [-0.4, -0.2) is 0 Å². The molecule has 2 unspecified atom stereocenters. The molecular formula is C12H25. The van der Waals surface area contributed by atoms with E-state index in [-0.39, 0.29) is 0 Å². The standard InChI is InChI=1S/C12H25/c1-7-10(3)9-11(4)12(5,6)8-2/h10-11H,2,7-9H2,1,3-6H3. The van der Waals surface area contributed by atoms with Crippen molar-refractivity contribution >= 4 is 0 Å². The highest BCUT2D eigenvalue weighted by molar-refractivity contribution is 4.77. The summed E-state index contributed by atoms with van der Waals surface area (Å²) in [6.07, 6.45) is 3.70. The lowest BCUT2D eigenvalue weighted by Gasteiger charge is -2.32. The Morgan fingerprint density at radius 3 is 2.08 bits per heavy atom. The van der Waals surface area contributed by atoms with Crippen LogP contribution in [0.25, 0.3) is 0 Å². The third kappa shape index (κ3) is 3.60. The zero-order valence-corrected chi connectivity index (χ0v) is 9.48. The average Bonchev–Trinajstić information content (AvgIpc) is 2.04. The van der Waals surface area contributed by atoms with Gasteiger partial charge in [-0.1, -0.05) is 48.0 Å². The summed E-state index contributed by atoms with van der Waals surface area (Å²) in [4.78, 5) is 0. The van der Waals surface area contributed by atoms with Crippen LogP contribution in [0.5, 0.6) is 0 Å². The molecule has 0 N–H and O–H groups in total. The molecule has 1 radical (unpaired) electrons. The fourth-order valence-electron chi connectivity index (χ4n) is 1.34. The van der Waals surface area contributed by atoms with Crippen molar-refractivity contribution in [2.24, 2.45) is 17.3 Å². The fraction of sp³-hybridized carbons (Fsp3) is 0.917. The summed E-state index contributed by atoms with van der Waals surface area (Å²) in [6.45, 7) is 15.6. The molecule has 0 spiro atoms. The fourth-order valence-corrected chi connectivity index (χ4v) is 1.34. The summed E-state index contributed by atoms with van der Waals surface area (Å²) in [5.41, 5.74) is 0.420. The van der Waals surface area contributed by atoms with Crippen LogP contribution in [0, 0.1) is 24.2 Å². The first-order chi connectivity index (χ1) is 5.44. The van der Waals surface area contributed by atoms with Crippen molar-refractivity contribution in [2.75, 3.05) is 0 Å². The van der Waals surface area contributed by atoms with Gasteiger partial charge in [-0.2, -0.15) is 0 Å². The Hall–Kier alpha value is 0. The van der Waals surface area contributed by atoms with Crippen molar-refractivity contribution in [1.29, 1.82) is 0 Å². The van der Waals surface area contributed by atoms with Crippen molar-refractivity contribution in [1.82, 2.24) is 0 Å². The van der Waals surface area contributed by atoms with Gasteiger partial charge in [-0.05, 0) is 30.1 Å². The molecule has 0 aliphatic carbocycles. The van der Waals surface area contributed by atoms with E-state index in [0.29, 0.717) is 5.41 Å². The average molecular weight is 169 g/mol. The predicted molar refractivity (Wildman–Crippen MR) is 57.0 cm³/mol. The van der Waals surface area contributed by atoms with Gasteiger partial charge in [-0.3, -0.25) is 0 Å². The van der Waals surface area contributed by atoms with Crippen molar-refractivity contribution in [3.63, 3.8) is 0 Å². The summed E-state index contributed by atoms with van der Waals surface area (Å²) in [6, 6.07) is 0. The first kappa shape index (κ1) is 12.0. The van der Waals surface area contributed by atoms with E-state index in [0.717, 1.165) is 18.3 Å². The van der Waals surface area contributed by atoms with Crippen molar-refractivity contribution in [3.05, 3.63) is 6.92 Å². The van der Waals surface area contributed by atoms with E-state index in [4.69, 9.17) is 0 Å². The molecule has 0 aliphatic rings. The summed E-state index contributed by atoms with van der Waals surface area (Å²) in [5, 5.41) is 0. The van der Waals surface area contributed by atoms with E-state index < -0.39 is 0 Å². The molecule has 0 heterocycles. The second-order valence-electron chi connectivity index (χ2n) is 4.89. The second-order valence-corrected chi connectivity index (χ2v) is 4.89. The Labute approximate surface area is 78.8 Å². The monoisotopic (exact) mass is 169 g/mol. The number of rotatable bonds is 5. The molecule has 0 amide bonds. The topological polar surface area (TPSA) is 0 Å². The third-order valence-corrected chi connectivity index (χ3v) is 3.43. The maximum atomic E-state index is 4.01. The zero-order chi connectivity index (χ0) is 9.78. The largest absolute Gasteiger partial charge is 0.0651 e. The van der Waals surface area contributed by atoms with E-state index in [1.165, 1.54) is 12.8 Å². The summed E-state index contributed by atoms with van der Waals surface area (Å²) in [5.74, 6) is 1.66. The molecule has 0 aromatic rings. The molecule has 0 aliphatic heterocycles. The summed E-state index contributed by atoms with van der Waals surface area (Å²) >= 11 is 0. The van der Waals surface area contributed by atoms with Gasteiger partial charge in [0.25, 0.3) is 0 Å². The minimum Gasteiger partial charge on any atom is -0.0651 e. The lowest BCUT2D eigenvalue weighted by atomic mass is 9.74. The molecule has 0 fully saturated rings. The summed E-state index contributed by atoms with van der Waals surface area (Å²) in [7, 11) is 0. The van der Waals surface area contributed by atoms with E-state index in [1.807, 2.05) is 0 Å². The molecule has 0 heteroatoms. The SMILES string of the molecule is [CH2]CC(C)(C)C(C)CC(C)CC. The molecule has 0 aromatic heterocycles. The Morgan fingerprint density at radius 2 is 1.75 bits per heavy atom. The van der Waals surface area contributed by atoms with Gasteiger partial charge in [0.15, 0.2) is 0 Å². The maximum Gasteiger partial charge on any atom is -0.0328 e. The van der Waals surface area contributed by atoms with E-state index in [1.54, 1.807) is 0 Å². The van der Waals surface area contributed by atoms with E-state index in [9.17, 15) is 0 Å². The van der Waals surface area contributed by atoms with E-state index in [2.05, 4.69) is 41.5 Å². The van der Waals surface area contributed by atoms with Gasteiger partial charge in [0.1, 0.15) is 0 Å². The quantitative estimate of drug-likeness (QED) is 0.575. The van der Waals surface area contributed by atoms with Crippen LogP contribution in [0.4, 0.5) is 0 Å². The highest BCUT2D eigenvalue weighted by atomic mass is 14.3. The molecule has 12 heavy (non-hydrogen) atoms. The van der Waals surface area contributed by atoms with Gasteiger partial charge < -0.3 is 0 Å². The molecule has 73 valence electrons. The van der Waals surface area contributed by atoms with Crippen LogP contribution in [0.15, 0.2) is 0 Å². The molecule has 0 rings (SSSR count). The van der Waals surface area contributed by atoms with Crippen LogP contribution in [-0.2, 0) is 0 Å². The second kappa shape index (κ2) is 4.89. The Bertz CT molecular complexity index is 113. The van der Waals surface area contributed by atoms with Crippen LogP contribution in [0.1, 0.15) is 53.9 Å². The first-order valence-electron chi connectivity index (χ1n) is 5.23. The van der Waals surface area contributed by atoms with Crippen LogP contribution < -0.4 is 0 Å². The van der Waals surface area contributed by atoms with Gasteiger partial charge >= 0.3 is 0 Å². The maximum absolute atomic E-state index is 4.01. The van der Waals surface area contributed by atoms with Crippen LogP contribution in [0.3, 0.4) is 0 Å². The van der Waals surface area contributed by atoms with Crippen LogP contribution >= 0.6 is 0 Å². The molecule has 0 saturated carbocycles. The molecule has 0 nitrogen and oxygen atoms in total. The first-order valence-corrected chi connectivity index (χ1v) is 5.23. The Balaban J connectivity index is 3.93. The van der Waals surface area contributed by atoms with E-state index >= 15 is 0 Å². The molecule has 0 bridgehead atoms. The zero-order valence-electron chi connectivity index (χ0n) is 9.48. The number of hydrogen-bond acceptors (Lipinski definition) is 0. The molecule has 2 atom stereocenters. The highest BCUT2D eigenvalue weighted by Gasteiger charge is 2.24. The number of hydrogen-bond donors (Lipinski definition) is 0. The van der Waals surface area contributed by atoms with Gasteiger partial charge in [0, 0.05) is 0 Å². The molecular weight excluding hydrogens is 144 g/mol. The highest BCUT2D eigenvalue weighted by Crippen LogP contribution is 2.34. The van der Waals surface area contributed by atoms with Gasteiger partial charge in [0.05, 0.1) is 0 Å². The van der Waals surface area contributed by atoms with Crippen LogP contribution in [0.2, 0.25) is 0 Å². The molecule has 0 aromatic carbocycles. The van der Waals surface area contributed by atoms with Crippen molar-refractivity contribution in [3.8, 4) is 0 Å². The lowest BCUT2D eigenvalue weighted by Crippen LogP contribution is -2.22. The summed E-state index contributed by atoms with van der Waals surface area (Å²) < 4.78 is 0. The Kier molecular flexibility index (Phi) is 4.89. The van der Waals surface area contributed by atoms with Crippen molar-refractivity contribution in [2.45, 2.75) is 53.9 Å². The normalized spacial score (nSPS) is 17.5. The van der Waals surface area contributed by atoms with Gasteiger partial charge in [-0.25, -0.2) is 0 Å². The lowest BCUT2D eigenvalue weighted by molar-refractivity contribution is 0.195. The smallest absolute Gasteiger partial charge is 0.0328 e. The Morgan fingerprint density at radius 1 is 1.25 bits per heavy atom. The third-order valence-electron chi connectivity index (χ3n) is 3.43. The minimum absolute atomic E-state index is 0.420. The van der Waals surface area contributed by atoms with Crippen molar-refractivity contribution < 1.29 is 0 Å². The predicted octanol–water partition coefficient (Wildman–Crippen LogP) is 4.31. The van der Waals surface area contributed by atoms with Gasteiger partial charge in [0.2, 0.25) is 0 Å². The molecule has 0 saturated heterocycles. The minimum atomic E-state index is 0.420.